The van der Waals surface area contributed by atoms with Crippen LogP contribution in [0.2, 0.25) is 0 Å². The first-order valence-electron chi connectivity index (χ1n) is 9.32. The summed E-state index contributed by atoms with van der Waals surface area (Å²) in [6.07, 6.45) is -4.89. The second kappa shape index (κ2) is 8.66. The van der Waals surface area contributed by atoms with E-state index < -0.39 is 35.2 Å². The number of nitrogens with zero attached hydrogens (tertiary/aromatic N) is 1. The molecule has 1 heterocycles. The third-order valence-corrected chi connectivity index (χ3v) is 4.76. The van der Waals surface area contributed by atoms with Gasteiger partial charge >= 0.3 is 6.18 Å². The van der Waals surface area contributed by atoms with Crippen molar-refractivity contribution in [1.82, 2.24) is 0 Å². The number of nitrogens with one attached hydrogen (secondary N) is 2. The lowest BCUT2D eigenvalue weighted by Gasteiger charge is -2.19. The summed E-state index contributed by atoms with van der Waals surface area (Å²) in [5, 5.41) is 4.56. The van der Waals surface area contributed by atoms with Crippen LogP contribution in [-0.2, 0) is 20.6 Å². The molecule has 0 aromatic heterocycles. The quantitative estimate of drug-likeness (QED) is 0.750. The van der Waals surface area contributed by atoms with Gasteiger partial charge < -0.3 is 20.3 Å². The molecule has 10 heteroatoms. The zero-order valence-corrected chi connectivity index (χ0v) is 16.7. The molecular weight excluding hydrogens is 415 g/mol. The van der Waals surface area contributed by atoms with Gasteiger partial charge in [0.1, 0.15) is 5.75 Å². The molecule has 3 rings (SSSR count). The molecule has 164 valence electrons. The van der Waals surface area contributed by atoms with Gasteiger partial charge in [-0.15, -0.1) is 0 Å². The second-order valence-electron chi connectivity index (χ2n) is 7.04. The maximum absolute atomic E-state index is 13.5. The Balaban J connectivity index is 1.78. The number of carbonyl (C=O) groups excluding carboxylic acids is 3. The van der Waals surface area contributed by atoms with E-state index in [9.17, 15) is 27.6 Å². The zero-order valence-electron chi connectivity index (χ0n) is 16.7. The smallest absolute Gasteiger partial charge is 0.418 e. The Bertz CT molecular complexity index is 1020. The minimum absolute atomic E-state index is 0.0309. The summed E-state index contributed by atoms with van der Waals surface area (Å²) in [7, 11) is 1.48. The highest BCUT2D eigenvalue weighted by molar-refractivity contribution is 6.04. The van der Waals surface area contributed by atoms with Gasteiger partial charge in [0.25, 0.3) is 0 Å². The third-order valence-electron chi connectivity index (χ3n) is 4.76. The highest BCUT2D eigenvalue weighted by atomic mass is 19.4. The molecular formula is C21H20F3N3O4. The SMILES string of the molecule is COc1cccc(N2CC(C(=O)Nc3ccc(NC(C)=O)cc3C(F)(F)F)CC2=O)c1. The van der Waals surface area contributed by atoms with E-state index in [1.165, 1.54) is 25.0 Å². The highest BCUT2D eigenvalue weighted by Crippen LogP contribution is 2.37. The number of alkyl halides is 3. The summed E-state index contributed by atoms with van der Waals surface area (Å²) >= 11 is 0. The molecule has 7 nitrogen and oxygen atoms in total. The van der Waals surface area contributed by atoms with Gasteiger partial charge in [-0.1, -0.05) is 6.07 Å². The summed E-state index contributed by atoms with van der Waals surface area (Å²) in [6, 6.07) is 9.80. The highest BCUT2D eigenvalue weighted by Gasteiger charge is 2.38. The van der Waals surface area contributed by atoms with Crippen molar-refractivity contribution in [3.8, 4) is 5.75 Å². The number of amides is 3. The van der Waals surface area contributed by atoms with Crippen molar-refractivity contribution in [2.24, 2.45) is 5.92 Å². The Morgan fingerprint density at radius 3 is 2.52 bits per heavy atom. The molecule has 1 fully saturated rings. The van der Waals surface area contributed by atoms with Crippen LogP contribution in [0.4, 0.5) is 30.2 Å². The summed E-state index contributed by atoms with van der Waals surface area (Å²) in [5.74, 6) is -1.82. The molecule has 2 aromatic rings. The van der Waals surface area contributed by atoms with Crippen molar-refractivity contribution in [3.63, 3.8) is 0 Å². The van der Waals surface area contributed by atoms with E-state index in [0.717, 1.165) is 12.1 Å². The maximum atomic E-state index is 13.5. The largest absolute Gasteiger partial charge is 0.497 e. The number of methoxy groups -OCH3 is 1. The van der Waals surface area contributed by atoms with Crippen LogP contribution in [-0.4, -0.2) is 31.4 Å². The van der Waals surface area contributed by atoms with E-state index in [1.807, 2.05) is 0 Å². The Kier molecular flexibility index (Phi) is 6.19. The molecule has 31 heavy (non-hydrogen) atoms. The second-order valence-corrected chi connectivity index (χ2v) is 7.04. The lowest BCUT2D eigenvalue weighted by Crippen LogP contribution is -2.28. The lowest BCUT2D eigenvalue weighted by molar-refractivity contribution is -0.137. The molecule has 0 radical (unpaired) electrons. The molecule has 1 aliphatic rings. The normalized spacial score (nSPS) is 16.2. The fourth-order valence-corrected chi connectivity index (χ4v) is 3.31. The first-order valence-corrected chi connectivity index (χ1v) is 9.32. The van der Waals surface area contributed by atoms with E-state index in [2.05, 4.69) is 10.6 Å². The summed E-state index contributed by atoms with van der Waals surface area (Å²) < 4.78 is 45.5. The molecule has 1 atom stereocenters. The molecule has 3 amide bonds. The molecule has 1 aliphatic heterocycles. The van der Waals surface area contributed by atoms with E-state index >= 15 is 0 Å². The van der Waals surface area contributed by atoms with Gasteiger partial charge in [-0.3, -0.25) is 14.4 Å². The van der Waals surface area contributed by atoms with Crippen LogP contribution in [0.5, 0.6) is 5.75 Å². The predicted octanol–water partition coefficient (Wildman–Crippen LogP) is 3.66. The van der Waals surface area contributed by atoms with E-state index in [-0.39, 0.29) is 24.6 Å². The number of carbonyl (C=O) groups is 3. The molecule has 2 N–H and O–H groups in total. The average Bonchev–Trinajstić information content (AvgIpc) is 3.10. The Morgan fingerprint density at radius 2 is 1.87 bits per heavy atom. The van der Waals surface area contributed by atoms with Crippen LogP contribution >= 0.6 is 0 Å². The zero-order chi connectivity index (χ0) is 22.8. The summed E-state index contributed by atoms with van der Waals surface area (Å²) in [4.78, 5) is 37.6. The molecule has 2 aromatic carbocycles. The summed E-state index contributed by atoms with van der Waals surface area (Å²) in [5.41, 5.74) is -1.05. The average molecular weight is 435 g/mol. The van der Waals surface area contributed by atoms with Gasteiger partial charge in [0.05, 0.1) is 24.3 Å². The number of benzene rings is 2. The summed E-state index contributed by atoms with van der Waals surface area (Å²) in [6.45, 7) is 1.21. The topological polar surface area (TPSA) is 87.7 Å². The van der Waals surface area contributed by atoms with Gasteiger partial charge in [-0.05, 0) is 30.3 Å². The lowest BCUT2D eigenvalue weighted by atomic mass is 10.1. The van der Waals surface area contributed by atoms with Gasteiger partial charge in [-0.2, -0.15) is 13.2 Å². The molecule has 0 saturated carbocycles. The van der Waals surface area contributed by atoms with Gasteiger partial charge in [-0.25, -0.2) is 0 Å². The first kappa shape index (κ1) is 22.1. The number of anilines is 3. The van der Waals surface area contributed by atoms with E-state index in [1.54, 1.807) is 24.3 Å². The number of halogens is 3. The van der Waals surface area contributed by atoms with Crippen molar-refractivity contribution < 1.29 is 32.3 Å². The minimum atomic E-state index is -4.75. The predicted molar refractivity (Wildman–Crippen MR) is 108 cm³/mol. The van der Waals surface area contributed by atoms with Crippen molar-refractivity contribution >= 4 is 34.8 Å². The number of hydrogen-bond acceptors (Lipinski definition) is 4. The molecule has 0 aliphatic carbocycles. The Hall–Kier alpha value is -3.56. The van der Waals surface area contributed by atoms with Gasteiger partial charge in [0, 0.05) is 37.3 Å². The van der Waals surface area contributed by atoms with Crippen LogP contribution in [0.1, 0.15) is 18.9 Å². The van der Waals surface area contributed by atoms with Crippen molar-refractivity contribution in [1.29, 1.82) is 0 Å². The van der Waals surface area contributed by atoms with Crippen molar-refractivity contribution in [2.45, 2.75) is 19.5 Å². The van der Waals surface area contributed by atoms with Crippen molar-refractivity contribution in [3.05, 3.63) is 48.0 Å². The van der Waals surface area contributed by atoms with Crippen LogP contribution in [0.25, 0.3) is 0 Å². The Labute approximate surface area is 176 Å². The molecule has 1 unspecified atom stereocenters. The molecule has 1 saturated heterocycles. The number of ether oxygens (including phenoxy) is 1. The van der Waals surface area contributed by atoms with Gasteiger partial charge in [0.2, 0.25) is 17.7 Å². The number of rotatable bonds is 5. The van der Waals surface area contributed by atoms with Gasteiger partial charge in [0.15, 0.2) is 0 Å². The third kappa shape index (κ3) is 5.14. The minimum Gasteiger partial charge on any atom is -0.497 e. The standard InChI is InChI=1S/C21H20F3N3O4/c1-12(28)25-14-6-7-18(17(9-14)21(22,23)24)26-20(30)13-8-19(29)27(11-13)15-4-3-5-16(10-15)31-2/h3-7,9-10,13H,8,11H2,1-2H3,(H,25,28)(H,26,30). The van der Waals surface area contributed by atoms with Crippen LogP contribution < -0.4 is 20.3 Å². The molecule has 0 spiro atoms. The fraction of sp³-hybridized carbons (Fsp3) is 0.286. The van der Waals surface area contributed by atoms with E-state index in [4.69, 9.17) is 4.74 Å². The Morgan fingerprint density at radius 1 is 1.13 bits per heavy atom. The van der Waals surface area contributed by atoms with Crippen LogP contribution in [0, 0.1) is 5.92 Å². The monoisotopic (exact) mass is 435 g/mol. The first-order chi connectivity index (χ1) is 14.6. The fourth-order valence-electron chi connectivity index (χ4n) is 3.31. The van der Waals surface area contributed by atoms with E-state index in [0.29, 0.717) is 11.4 Å². The van der Waals surface area contributed by atoms with Crippen LogP contribution in [0.3, 0.4) is 0 Å². The number of hydrogen-bond donors (Lipinski definition) is 2. The van der Waals surface area contributed by atoms with Crippen molar-refractivity contribution in [2.75, 3.05) is 29.2 Å². The molecule has 0 bridgehead atoms. The maximum Gasteiger partial charge on any atom is 0.418 e. The van der Waals surface area contributed by atoms with Crippen LogP contribution in [0.15, 0.2) is 42.5 Å².